The zero-order chi connectivity index (χ0) is 19.3. The number of likely N-dealkylation sites (tertiary alicyclic amines) is 1. The van der Waals surface area contributed by atoms with Gasteiger partial charge >= 0.3 is 5.97 Å². The summed E-state index contributed by atoms with van der Waals surface area (Å²) in [4.78, 5) is 38.6. The van der Waals surface area contributed by atoms with Gasteiger partial charge in [0.25, 0.3) is 11.8 Å². The first-order chi connectivity index (χ1) is 12.4. The Bertz CT molecular complexity index is 686. The number of nitrogens with one attached hydrogen (secondary N) is 3. The van der Waals surface area contributed by atoms with E-state index in [0.29, 0.717) is 28.0 Å². The lowest BCUT2D eigenvalue weighted by atomic mass is 10.0. The first-order valence-electron chi connectivity index (χ1n) is 9.06. The molecule has 3 N–H and O–H groups in total. The summed E-state index contributed by atoms with van der Waals surface area (Å²) >= 11 is 1.11. The van der Waals surface area contributed by atoms with Crippen molar-refractivity contribution in [1.82, 2.24) is 5.32 Å². The smallest absolute Gasteiger partial charge is 0.341 e. The highest BCUT2D eigenvalue weighted by molar-refractivity contribution is 7.18. The van der Waals surface area contributed by atoms with Crippen LogP contribution in [0.1, 0.15) is 58.7 Å². The van der Waals surface area contributed by atoms with Crippen molar-refractivity contribution in [3.8, 4) is 0 Å². The van der Waals surface area contributed by atoms with E-state index >= 15 is 0 Å². The van der Waals surface area contributed by atoms with Crippen LogP contribution in [-0.2, 0) is 9.53 Å². The van der Waals surface area contributed by atoms with Crippen LogP contribution in [0.3, 0.4) is 0 Å². The van der Waals surface area contributed by atoms with E-state index in [-0.39, 0.29) is 24.0 Å². The molecule has 1 fully saturated rings. The number of quaternary nitrogens is 1. The van der Waals surface area contributed by atoms with E-state index in [9.17, 15) is 14.4 Å². The van der Waals surface area contributed by atoms with Crippen LogP contribution in [-0.4, -0.2) is 50.6 Å². The molecule has 8 heteroatoms. The van der Waals surface area contributed by atoms with Gasteiger partial charge in [0.1, 0.15) is 5.00 Å². The lowest BCUT2D eigenvalue weighted by molar-refractivity contribution is -0.920. The molecule has 2 rings (SSSR count). The largest absolute Gasteiger partial charge is 0.462 e. The number of piperidine rings is 1. The maximum absolute atomic E-state index is 12.5. The molecule has 0 saturated carbocycles. The monoisotopic (exact) mass is 382 g/mol. The molecule has 7 nitrogen and oxygen atoms in total. The highest BCUT2D eigenvalue weighted by Crippen LogP contribution is 2.33. The van der Waals surface area contributed by atoms with Crippen molar-refractivity contribution in [1.29, 1.82) is 0 Å². The molecule has 0 bridgehead atoms. The van der Waals surface area contributed by atoms with Gasteiger partial charge in [-0.2, -0.15) is 0 Å². The van der Waals surface area contributed by atoms with Crippen LogP contribution in [0.4, 0.5) is 5.00 Å². The van der Waals surface area contributed by atoms with Gasteiger partial charge in [-0.3, -0.25) is 9.59 Å². The van der Waals surface area contributed by atoms with Gasteiger partial charge in [0.15, 0.2) is 6.54 Å². The normalized spacial score (nSPS) is 19.7. The number of esters is 1. The summed E-state index contributed by atoms with van der Waals surface area (Å²) in [6.45, 7) is 7.14. The molecule has 26 heavy (non-hydrogen) atoms. The Labute approximate surface area is 158 Å². The zero-order valence-electron chi connectivity index (χ0n) is 15.9. The van der Waals surface area contributed by atoms with Gasteiger partial charge in [0.2, 0.25) is 0 Å². The molecule has 2 atom stereocenters. The van der Waals surface area contributed by atoms with Crippen LogP contribution in [0.25, 0.3) is 0 Å². The molecule has 2 amide bonds. The van der Waals surface area contributed by atoms with Gasteiger partial charge in [-0.25, -0.2) is 4.79 Å². The van der Waals surface area contributed by atoms with Crippen molar-refractivity contribution >= 4 is 34.1 Å². The molecule has 1 aromatic heterocycles. The zero-order valence-corrected chi connectivity index (χ0v) is 16.7. The Kier molecular flexibility index (Phi) is 7.16. The van der Waals surface area contributed by atoms with Crippen LogP contribution >= 0.6 is 11.3 Å². The van der Waals surface area contributed by atoms with E-state index in [0.717, 1.165) is 30.7 Å². The lowest BCUT2D eigenvalue weighted by Crippen LogP contribution is -3.17. The summed E-state index contributed by atoms with van der Waals surface area (Å²) in [6.07, 6.45) is 3.45. The van der Waals surface area contributed by atoms with Crippen molar-refractivity contribution in [3.05, 3.63) is 16.0 Å². The molecular weight excluding hydrogens is 354 g/mol. The van der Waals surface area contributed by atoms with Gasteiger partial charge in [-0.05, 0) is 45.6 Å². The average Bonchev–Trinajstić information content (AvgIpc) is 2.92. The van der Waals surface area contributed by atoms with Gasteiger partial charge in [0, 0.05) is 7.05 Å². The number of rotatable bonds is 6. The predicted molar refractivity (Wildman–Crippen MR) is 101 cm³/mol. The Hall–Kier alpha value is -1.93. The number of amides is 2. The maximum atomic E-state index is 12.5. The highest BCUT2D eigenvalue weighted by atomic mass is 32.1. The van der Waals surface area contributed by atoms with Crippen LogP contribution in [0, 0.1) is 6.92 Å². The molecule has 1 saturated heterocycles. The molecule has 0 radical (unpaired) electrons. The van der Waals surface area contributed by atoms with Crippen molar-refractivity contribution < 1.29 is 24.0 Å². The molecule has 2 heterocycles. The molecule has 0 aliphatic carbocycles. The molecule has 0 aromatic carbocycles. The van der Waals surface area contributed by atoms with Crippen molar-refractivity contribution in [3.63, 3.8) is 0 Å². The number of hydrogen-bond donors (Lipinski definition) is 3. The number of ether oxygens (including phenoxy) is 1. The number of anilines is 1. The third kappa shape index (κ3) is 4.62. The number of carbonyl (C=O) groups is 3. The Morgan fingerprint density at radius 1 is 1.31 bits per heavy atom. The number of carbonyl (C=O) groups excluding carboxylic acids is 3. The maximum Gasteiger partial charge on any atom is 0.341 e. The minimum Gasteiger partial charge on any atom is -0.462 e. The molecule has 1 unspecified atom stereocenters. The van der Waals surface area contributed by atoms with Gasteiger partial charge < -0.3 is 20.3 Å². The first-order valence-corrected chi connectivity index (χ1v) is 9.87. The van der Waals surface area contributed by atoms with E-state index in [4.69, 9.17) is 4.74 Å². The van der Waals surface area contributed by atoms with E-state index in [1.54, 1.807) is 13.8 Å². The van der Waals surface area contributed by atoms with E-state index in [1.165, 1.54) is 18.4 Å². The minimum absolute atomic E-state index is 0.149. The quantitative estimate of drug-likeness (QED) is 0.640. The topological polar surface area (TPSA) is 88.9 Å². The van der Waals surface area contributed by atoms with Gasteiger partial charge in [-0.1, -0.05) is 0 Å². The molecular formula is C18H28N3O4S+. The second-order valence-corrected chi connectivity index (χ2v) is 7.61. The van der Waals surface area contributed by atoms with Gasteiger partial charge in [0.05, 0.1) is 29.6 Å². The second kappa shape index (κ2) is 9.14. The fourth-order valence-electron chi connectivity index (χ4n) is 3.27. The summed E-state index contributed by atoms with van der Waals surface area (Å²) in [7, 11) is 1.53. The Morgan fingerprint density at radius 3 is 2.65 bits per heavy atom. The summed E-state index contributed by atoms with van der Waals surface area (Å²) in [5.41, 5.74) is 0.798. The van der Waals surface area contributed by atoms with E-state index < -0.39 is 5.97 Å². The van der Waals surface area contributed by atoms with E-state index in [1.807, 2.05) is 0 Å². The van der Waals surface area contributed by atoms with Crippen LogP contribution in [0.2, 0.25) is 0 Å². The lowest BCUT2D eigenvalue weighted by Gasteiger charge is -2.29. The second-order valence-electron chi connectivity index (χ2n) is 6.59. The fraction of sp³-hybridized carbons (Fsp3) is 0.611. The summed E-state index contributed by atoms with van der Waals surface area (Å²) in [5, 5.41) is 5.78. The van der Waals surface area contributed by atoms with Crippen molar-refractivity contribution in [2.75, 3.05) is 32.1 Å². The number of thiophene rings is 1. The molecule has 1 aliphatic rings. The number of hydrogen-bond acceptors (Lipinski definition) is 5. The molecule has 1 aliphatic heterocycles. The van der Waals surface area contributed by atoms with Crippen LogP contribution in [0.15, 0.2) is 0 Å². The molecule has 144 valence electrons. The molecule has 0 spiro atoms. The van der Waals surface area contributed by atoms with Crippen LogP contribution < -0.4 is 15.5 Å². The van der Waals surface area contributed by atoms with Gasteiger partial charge in [-0.15, -0.1) is 11.3 Å². The van der Waals surface area contributed by atoms with Crippen LogP contribution in [0.5, 0.6) is 0 Å². The minimum atomic E-state index is -0.523. The predicted octanol–water partition coefficient (Wildman–Crippen LogP) is 0.989. The summed E-state index contributed by atoms with van der Waals surface area (Å²) in [5.74, 6) is -0.955. The van der Waals surface area contributed by atoms with E-state index in [2.05, 4.69) is 17.6 Å². The first kappa shape index (κ1) is 20.4. The average molecular weight is 383 g/mol. The van der Waals surface area contributed by atoms with Crippen molar-refractivity contribution in [2.24, 2.45) is 0 Å². The van der Waals surface area contributed by atoms with Crippen molar-refractivity contribution in [2.45, 2.75) is 46.1 Å². The highest BCUT2D eigenvalue weighted by Gasteiger charge is 2.28. The summed E-state index contributed by atoms with van der Waals surface area (Å²) in [6, 6.07) is 0.450. The summed E-state index contributed by atoms with van der Waals surface area (Å²) < 4.78 is 5.10. The SMILES string of the molecule is CCOC(=O)c1c(NC(=O)C[NH+]2CCCC[C@H]2C)sc(C(=O)NC)c1C. The third-order valence-corrected chi connectivity index (χ3v) is 5.99. The standard InChI is InChI=1S/C18H27N3O4S/c1-5-25-18(24)14-12(3)15(16(23)19-4)26-17(14)20-13(22)10-21-9-7-6-8-11(21)2/h11H,5-10H2,1-4H3,(H,19,23)(H,20,22)/p+1/t11-/m1/s1. The molecule has 1 aromatic rings. The Morgan fingerprint density at radius 2 is 2.04 bits per heavy atom. The Balaban J connectivity index is 2.22. The third-order valence-electron chi connectivity index (χ3n) is 4.78. The fourth-order valence-corrected chi connectivity index (χ4v) is 4.43.